The summed E-state index contributed by atoms with van der Waals surface area (Å²) in [5.74, 6) is 5.48. The number of hydrogen-bond acceptors (Lipinski definition) is 3. The molecule has 2 aromatic rings. The van der Waals surface area contributed by atoms with Crippen LogP contribution >= 0.6 is 0 Å². The Bertz CT molecular complexity index is 672. The third kappa shape index (κ3) is 3.68. The van der Waals surface area contributed by atoms with E-state index in [-0.39, 0.29) is 12.5 Å². The molecule has 0 atom stereocenters. The summed E-state index contributed by atoms with van der Waals surface area (Å²) >= 11 is 0. The predicted molar refractivity (Wildman–Crippen MR) is 82.0 cm³/mol. The van der Waals surface area contributed by atoms with Gasteiger partial charge in [-0.1, -0.05) is 30.0 Å². The minimum absolute atomic E-state index is 0.000456. The quantitative estimate of drug-likeness (QED) is 0.876. The first-order valence-corrected chi connectivity index (χ1v) is 6.62. The summed E-state index contributed by atoms with van der Waals surface area (Å²) in [7, 11) is 1.71. The molecule has 0 aliphatic carbocycles. The zero-order valence-electron chi connectivity index (χ0n) is 11.8. The largest absolute Gasteiger partial charge is 0.395 e. The van der Waals surface area contributed by atoms with Gasteiger partial charge in [0, 0.05) is 25.4 Å². The normalized spacial score (nSPS) is 9.62. The van der Waals surface area contributed by atoms with Gasteiger partial charge in [-0.25, -0.2) is 4.98 Å². The van der Waals surface area contributed by atoms with E-state index in [1.165, 1.54) is 0 Å². The van der Waals surface area contributed by atoms with Crippen LogP contribution in [0.5, 0.6) is 0 Å². The maximum atomic E-state index is 12.5. The zero-order chi connectivity index (χ0) is 15.1. The van der Waals surface area contributed by atoms with Gasteiger partial charge in [0.25, 0.3) is 5.91 Å². The Morgan fingerprint density at radius 1 is 1.24 bits per heavy atom. The number of amides is 1. The van der Waals surface area contributed by atoms with Crippen molar-refractivity contribution in [1.29, 1.82) is 0 Å². The first-order chi connectivity index (χ1) is 10.2. The van der Waals surface area contributed by atoms with Gasteiger partial charge in [0.2, 0.25) is 0 Å². The fourth-order valence-corrected chi connectivity index (χ4v) is 1.82. The van der Waals surface area contributed by atoms with Crippen LogP contribution in [0.3, 0.4) is 0 Å². The monoisotopic (exact) mass is 280 g/mol. The van der Waals surface area contributed by atoms with Gasteiger partial charge in [0.15, 0.2) is 0 Å². The summed E-state index contributed by atoms with van der Waals surface area (Å²) in [5.41, 5.74) is 1.68. The average molecular weight is 280 g/mol. The van der Waals surface area contributed by atoms with Crippen LogP contribution in [0.2, 0.25) is 0 Å². The van der Waals surface area contributed by atoms with Crippen molar-refractivity contribution in [3.05, 3.63) is 59.9 Å². The van der Waals surface area contributed by atoms with Gasteiger partial charge in [-0.15, -0.1) is 0 Å². The summed E-state index contributed by atoms with van der Waals surface area (Å²) in [5, 5.41) is 8.77. The maximum Gasteiger partial charge on any atom is 0.277 e. The minimum atomic E-state index is -0.213. The minimum Gasteiger partial charge on any atom is -0.395 e. The number of para-hydroxylation sites is 1. The molecule has 0 fully saturated rings. The van der Waals surface area contributed by atoms with Gasteiger partial charge in [0.1, 0.15) is 5.69 Å². The fraction of sp³-hybridized carbons (Fsp3) is 0.176. The Hall–Kier alpha value is -2.64. The van der Waals surface area contributed by atoms with E-state index in [1.54, 1.807) is 30.3 Å². The second kappa shape index (κ2) is 7.22. The lowest BCUT2D eigenvalue weighted by Gasteiger charge is -2.17. The highest BCUT2D eigenvalue weighted by Crippen LogP contribution is 2.15. The average Bonchev–Trinajstić information content (AvgIpc) is 2.55. The molecule has 1 heterocycles. The van der Waals surface area contributed by atoms with Crippen molar-refractivity contribution in [3.8, 4) is 11.8 Å². The van der Waals surface area contributed by atoms with Crippen LogP contribution in [0.15, 0.2) is 48.7 Å². The van der Waals surface area contributed by atoms with Crippen molar-refractivity contribution in [2.24, 2.45) is 0 Å². The van der Waals surface area contributed by atoms with E-state index in [4.69, 9.17) is 5.11 Å². The highest BCUT2D eigenvalue weighted by molar-refractivity contribution is 6.05. The lowest BCUT2D eigenvalue weighted by Crippen LogP contribution is -2.27. The molecule has 0 saturated carbocycles. The molecule has 106 valence electrons. The van der Waals surface area contributed by atoms with Crippen molar-refractivity contribution >= 4 is 11.6 Å². The van der Waals surface area contributed by atoms with Gasteiger partial charge < -0.3 is 10.0 Å². The van der Waals surface area contributed by atoms with Crippen LogP contribution in [0.25, 0.3) is 0 Å². The molecule has 0 unspecified atom stereocenters. The number of hydrogen-bond donors (Lipinski definition) is 1. The summed E-state index contributed by atoms with van der Waals surface area (Å²) in [4.78, 5) is 18.2. The molecule has 4 nitrogen and oxygen atoms in total. The fourth-order valence-electron chi connectivity index (χ4n) is 1.82. The molecule has 1 aromatic carbocycles. The number of benzene rings is 1. The van der Waals surface area contributed by atoms with Gasteiger partial charge >= 0.3 is 0 Å². The number of carbonyl (C=O) groups excluding carboxylic acids is 1. The number of aliphatic hydroxyl groups is 1. The van der Waals surface area contributed by atoms with E-state index in [0.717, 1.165) is 5.69 Å². The molecule has 4 heteroatoms. The van der Waals surface area contributed by atoms with Crippen LogP contribution in [0, 0.1) is 11.8 Å². The lowest BCUT2D eigenvalue weighted by molar-refractivity contribution is 0.0988. The highest BCUT2D eigenvalue weighted by Gasteiger charge is 2.17. The van der Waals surface area contributed by atoms with Gasteiger partial charge in [-0.2, -0.15) is 0 Å². The number of anilines is 1. The number of aliphatic hydroxyl groups excluding tert-OH is 1. The summed E-state index contributed by atoms with van der Waals surface area (Å²) in [6.45, 7) is 0.000456. The van der Waals surface area contributed by atoms with Crippen LogP contribution in [-0.4, -0.2) is 29.7 Å². The smallest absolute Gasteiger partial charge is 0.277 e. The first-order valence-electron chi connectivity index (χ1n) is 6.62. The molecule has 2 rings (SSSR count). The van der Waals surface area contributed by atoms with Crippen molar-refractivity contribution in [1.82, 2.24) is 4.98 Å². The molecule has 1 amide bonds. The Labute approximate surface area is 124 Å². The topological polar surface area (TPSA) is 53.4 Å². The summed E-state index contributed by atoms with van der Waals surface area (Å²) in [6.07, 6.45) is 1.94. The number of nitrogens with zero attached hydrogens (tertiary/aromatic N) is 2. The Morgan fingerprint density at radius 2 is 2.00 bits per heavy atom. The van der Waals surface area contributed by atoms with E-state index < -0.39 is 0 Å². The van der Waals surface area contributed by atoms with E-state index >= 15 is 0 Å². The van der Waals surface area contributed by atoms with Crippen LogP contribution in [0.4, 0.5) is 5.69 Å². The molecule has 21 heavy (non-hydrogen) atoms. The highest BCUT2D eigenvalue weighted by atomic mass is 16.2. The van der Waals surface area contributed by atoms with Crippen molar-refractivity contribution in [2.75, 3.05) is 18.6 Å². The molecule has 0 radical (unpaired) electrons. The van der Waals surface area contributed by atoms with E-state index in [2.05, 4.69) is 16.8 Å². The van der Waals surface area contributed by atoms with E-state index in [0.29, 0.717) is 17.7 Å². The van der Waals surface area contributed by atoms with Gasteiger partial charge in [-0.05, 0) is 24.3 Å². The molecule has 0 bridgehead atoms. The Morgan fingerprint density at radius 3 is 2.71 bits per heavy atom. The molecule has 1 N–H and O–H groups in total. The SMILES string of the molecule is CN(C(=O)c1ncccc1C#CCCO)c1ccccc1. The summed E-state index contributed by atoms with van der Waals surface area (Å²) in [6, 6.07) is 12.9. The van der Waals surface area contributed by atoms with Crippen molar-refractivity contribution in [3.63, 3.8) is 0 Å². The number of rotatable bonds is 3. The third-order valence-corrected chi connectivity index (χ3v) is 2.92. The van der Waals surface area contributed by atoms with Crippen molar-refractivity contribution in [2.45, 2.75) is 6.42 Å². The van der Waals surface area contributed by atoms with E-state index in [1.807, 2.05) is 30.3 Å². The molecular weight excluding hydrogens is 264 g/mol. The van der Waals surface area contributed by atoms with E-state index in [9.17, 15) is 4.79 Å². The second-order valence-electron chi connectivity index (χ2n) is 4.37. The number of carbonyl (C=O) groups is 1. The molecule has 0 aliphatic heterocycles. The molecule has 0 aliphatic rings. The summed E-state index contributed by atoms with van der Waals surface area (Å²) < 4.78 is 0. The first kappa shape index (κ1) is 14.8. The Balaban J connectivity index is 2.30. The predicted octanol–water partition coefficient (Wildman–Crippen LogP) is 2.09. The second-order valence-corrected chi connectivity index (χ2v) is 4.37. The molecule has 1 aromatic heterocycles. The van der Waals surface area contributed by atoms with Crippen molar-refractivity contribution < 1.29 is 9.90 Å². The third-order valence-electron chi connectivity index (χ3n) is 2.92. The maximum absolute atomic E-state index is 12.5. The van der Waals surface area contributed by atoms with Crippen LogP contribution in [-0.2, 0) is 0 Å². The lowest BCUT2D eigenvalue weighted by atomic mass is 10.1. The van der Waals surface area contributed by atoms with Crippen LogP contribution < -0.4 is 4.90 Å². The zero-order valence-corrected chi connectivity index (χ0v) is 11.8. The van der Waals surface area contributed by atoms with Gasteiger partial charge in [0.05, 0.1) is 12.2 Å². The van der Waals surface area contributed by atoms with Crippen LogP contribution in [0.1, 0.15) is 22.5 Å². The molecule has 0 spiro atoms. The Kier molecular flexibility index (Phi) is 5.08. The molecule has 0 saturated heterocycles. The van der Waals surface area contributed by atoms with Gasteiger partial charge in [-0.3, -0.25) is 4.79 Å². The number of aromatic nitrogens is 1. The molecular formula is C17H16N2O2. The standard InChI is InChI=1S/C17H16N2O2/c1-19(15-10-3-2-4-11-15)17(21)16-14(8-5-6-13-20)9-7-12-18-16/h2-4,7,9-12,20H,6,13H2,1H3. The number of pyridine rings is 1.